The first-order chi connectivity index (χ1) is 13.5. The van der Waals surface area contributed by atoms with Crippen molar-refractivity contribution >= 4 is 22.9 Å². The molecule has 0 unspecified atom stereocenters. The second-order valence-electron chi connectivity index (χ2n) is 6.40. The molecule has 0 radical (unpaired) electrons. The molecule has 2 amide bonds. The molecule has 0 aliphatic heterocycles. The summed E-state index contributed by atoms with van der Waals surface area (Å²) in [6.07, 6.45) is -4.54. The van der Waals surface area contributed by atoms with Crippen molar-refractivity contribution in [3.05, 3.63) is 34.9 Å². The average molecular weight is 410 g/mol. The Morgan fingerprint density at radius 2 is 1.86 bits per heavy atom. The van der Waals surface area contributed by atoms with Crippen molar-refractivity contribution in [2.24, 2.45) is 0 Å². The first kappa shape index (κ1) is 20.4. The molecule has 0 aliphatic carbocycles. The van der Waals surface area contributed by atoms with Crippen LogP contribution in [-0.4, -0.2) is 41.2 Å². The van der Waals surface area contributed by atoms with Crippen LogP contribution in [0, 0.1) is 20.8 Å². The van der Waals surface area contributed by atoms with E-state index in [1.54, 1.807) is 32.2 Å². The molecule has 3 aromatic rings. The van der Waals surface area contributed by atoms with E-state index in [9.17, 15) is 22.8 Å². The number of amides is 2. The van der Waals surface area contributed by atoms with Gasteiger partial charge in [0.2, 0.25) is 5.91 Å². The number of aromatic nitrogens is 2. The highest BCUT2D eigenvalue weighted by molar-refractivity contribution is 6.07. The van der Waals surface area contributed by atoms with Gasteiger partial charge in [0, 0.05) is 5.56 Å². The number of nitrogens with one attached hydrogen (secondary N) is 2. The van der Waals surface area contributed by atoms with Crippen LogP contribution in [0.4, 0.5) is 13.2 Å². The molecule has 0 aromatic carbocycles. The molecule has 8 nitrogen and oxygen atoms in total. The van der Waals surface area contributed by atoms with Gasteiger partial charge in [0.05, 0.1) is 28.9 Å². The van der Waals surface area contributed by atoms with Gasteiger partial charge in [-0.2, -0.15) is 13.2 Å². The van der Waals surface area contributed by atoms with Gasteiger partial charge in [-0.3, -0.25) is 9.59 Å². The van der Waals surface area contributed by atoms with Gasteiger partial charge in [-0.1, -0.05) is 5.16 Å². The minimum atomic E-state index is -4.54. The highest BCUT2D eigenvalue weighted by Gasteiger charge is 2.28. The maximum atomic E-state index is 12.7. The molecule has 2 N–H and O–H groups in total. The number of carbonyl (C=O) groups is 2. The summed E-state index contributed by atoms with van der Waals surface area (Å²) in [4.78, 5) is 28.6. The van der Waals surface area contributed by atoms with Crippen molar-refractivity contribution in [2.45, 2.75) is 26.9 Å². The van der Waals surface area contributed by atoms with Gasteiger partial charge in [0.1, 0.15) is 18.1 Å². The summed E-state index contributed by atoms with van der Waals surface area (Å²) in [5, 5.41) is 8.14. The van der Waals surface area contributed by atoms with Crippen LogP contribution in [0.1, 0.15) is 27.6 Å². The Kier molecular flexibility index (Phi) is 5.31. The van der Waals surface area contributed by atoms with E-state index in [-0.39, 0.29) is 11.3 Å². The molecule has 154 valence electrons. The van der Waals surface area contributed by atoms with Crippen molar-refractivity contribution in [3.8, 4) is 11.3 Å². The van der Waals surface area contributed by atoms with E-state index in [0.29, 0.717) is 33.9 Å². The SMILES string of the molecule is Cc1cc(-c2cc(C(=O)NCC(=O)NCC(F)(F)F)c3c(C)noc3n2)c(C)o1. The van der Waals surface area contributed by atoms with Crippen LogP contribution in [0.25, 0.3) is 22.4 Å². The zero-order chi connectivity index (χ0) is 21.3. The lowest BCUT2D eigenvalue weighted by atomic mass is 10.1. The maximum absolute atomic E-state index is 12.7. The zero-order valence-electron chi connectivity index (χ0n) is 15.7. The third-order valence-electron chi connectivity index (χ3n) is 4.07. The summed E-state index contributed by atoms with van der Waals surface area (Å²) in [6, 6.07) is 3.24. The van der Waals surface area contributed by atoms with Gasteiger partial charge in [0.25, 0.3) is 11.6 Å². The minimum absolute atomic E-state index is 0.116. The van der Waals surface area contributed by atoms with E-state index >= 15 is 0 Å². The monoisotopic (exact) mass is 410 g/mol. The molecular formula is C18H17F3N4O4. The summed E-state index contributed by atoms with van der Waals surface area (Å²) in [7, 11) is 0. The van der Waals surface area contributed by atoms with Crippen LogP contribution < -0.4 is 10.6 Å². The smallest absolute Gasteiger partial charge is 0.405 e. The van der Waals surface area contributed by atoms with Crippen LogP contribution in [0.15, 0.2) is 21.1 Å². The number of carbonyl (C=O) groups excluding carboxylic acids is 2. The predicted molar refractivity (Wildman–Crippen MR) is 95.1 cm³/mol. The number of rotatable bonds is 5. The van der Waals surface area contributed by atoms with E-state index in [2.05, 4.69) is 15.5 Å². The van der Waals surface area contributed by atoms with E-state index < -0.39 is 31.1 Å². The topological polar surface area (TPSA) is 110 Å². The lowest BCUT2D eigenvalue weighted by Gasteiger charge is -2.10. The quantitative estimate of drug-likeness (QED) is 0.669. The standard InChI is InChI=1S/C18H17F3N4O4/c1-8-4-11(10(3)28-8)13-5-12(15-9(2)25-29-17(15)24-13)16(27)22-6-14(26)23-7-18(19,20)21/h4-5H,6-7H2,1-3H3,(H,22,27)(H,23,26). The Morgan fingerprint density at radius 3 is 2.48 bits per heavy atom. The van der Waals surface area contributed by atoms with Crippen LogP contribution >= 0.6 is 0 Å². The highest BCUT2D eigenvalue weighted by atomic mass is 19.4. The number of aryl methyl sites for hydroxylation is 3. The van der Waals surface area contributed by atoms with Crippen molar-refractivity contribution < 1.29 is 31.7 Å². The third-order valence-corrected chi connectivity index (χ3v) is 4.07. The molecule has 0 bridgehead atoms. The summed E-state index contributed by atoms with van der Waals surface area (Å²) >= 11 is 0. The Labute approximate surface area is 162 Å². The predicted octanol–water partition coefficient (Wildman–Crippen LogP) is 2.82. The van der Waals surface area contributed by atoms with Crippen molar-refractivity contribution in [2.75, 3.05) is 13.1 Å². The molecule has 0 aliphatic rings. The fourth-order valence-electron chi connectivity index (χ4n) is 2.81. The molecule has 0 saturated heterocycles. The number of nitrogens with zero attached hydrogens (tertiary/aromatic N) is 2. The molecule has 29 heavy (non-hydrogen) atoms. The van der Waals surface area contributed by atoms with E-state index in [1.807, 2.05) is 0 Å². The van der Waals surface area contributed by atoms with Crippen LogP contribution in [0.5, 0.6) is 0 Å². The molecule has 3 rings (SSSR count). The Hall–Kier alpha value is -3.37. The van der Waals surface area contributed by atoms with E-state index in [4.69, 9.17) is 8.94 Å². The van der Waals surface area contributed by atoms with Crippen molar-refractivity contribution in [3.63, 3.8) is 0 Å². The highest BCUT2D eigenvalue weighted by Crippen LogP contribution is 2.30. The molecule has 3 aromatic heterocycles. The summed E-state index contributed by atoms with van der Waals surface area (Å²) in [5.41, 5.74) is 1.70. The Balaban J connectivity index is 1.87. The minimum Gasteiger partial charge on any atom is -0.466 e. The Bertz CT molecular complexity index is 1080. The van der Waals surface area contributed by atoms with Gasteiger partial charge < -0.3 is 19.6 Å². The van der Waals surface area contributed by atoms with Gasteiger partial charge in [0.15, 0.2) is 0 Å². The largest absolute Gasteiger partial charge is 0.466 e. The van der Waals surface area contributed by atoms with Gasteiger partial charge >= 0.3 is 6.18 Å². The summed E-state index contributed by atoms with van der Waals surface area (Å²) in [5.74, 6) is -0.404. The molecule has 0 atom stereocenters. The second kappa shape index (κ2) is 7.57. The lowest BCUT2D eigenvalue weighted by Crippen LogP contribution is -2.40. The van der Waals surface area contributed by atoms with Gasteiger partial charge in [-0.05, 0) is 32.9 Å². The van der Waals surface area contributed by atoms with Crippen molar-refractivity contribution in [1.29, 1.82) is 0 Å². The number of hydrogen-bond donors (Lipinski definition) is 2. The molecule has 0 fully saturated rings. The third kappa shape index (κ3) is 4.55. The van der Waals surface area contributed by atoms with Crippen LogP contribution in [0.2, 0.25) is 0 Å². The van der Waals surface area contributed by atoms with Crippen molar-refractivity contribution in [1.82, 2.24) is 20.8 Å². The lowest BCUT2D eigenvalue weighted by molar-refractivity contribution is -0.137. The average Bonchev–Trinajstić information content (AvgIpc) is 3.18. The fourth-order valence-corrected chi connectivity index (χ4v) is 2.81. The molecular weight excluding hydrogens is 393 g/mol. The number of pyridine rings is 1. The number of alkyl halides is 3. The first-order valence-corrected chi connectivity index (χ1v) is 8.51. The molecule has 11 heteroatoms. The van der Waals surface area contributed by atoms with E-state index in [0.717, 1.165) is 0 Å². The molecule has 0 saturated carbocycles. The summed E-state index contributed by atoms with van der Waals surface area (Å²) < 4.78 is 47.2. The number of furan rings is 1. The first-order valence-electron chi connectivity index (χ1n) is 8.51. The maximum Gasteiger partial charge on any atom is 0.405 e. The van der Waals surface area contributed by atoms with E-state index in [1.165, 1.54) is 6.07 Å². The van der Waals surface area contributed by atoms with Crippen LogP contribution in [-0.2, 0) is 4.79 Å². The second-order valence-corrected chi connectivity index (χ2v) is 6.40. The zero-order valence-corrected chi connectivity index (χ0v) is 15.7. The van der Waals surface area contributed by atoms with Crippen LogP contribution in [0.3, 0.4) is 0 Å². The molecule has 0 spiro atoms. The number of hydrogen-bond acceptors (Lipinski definition) is 6. The molecule has 3 heterocycles. The fraction of sp³-hybridized carbons (Fsp3) is 0.333. The van der Waals surface area contributed by atoms with Gasteiger partial charge in [-0.15, -0.1) is 0 Å². The number of halogens is 3. The van der Waals surface area contributed by atoms with Gasteiger partial charge in [-0.25, -0.2) is 4.98 Å². The summed E-state index contributed by atoms with van der Waals surface area (Å²) in [6.45, 7) is 3.02. The normalized spacial score (nSPS) is 11.7. The number of fused-ring (bicyclic) bond motifs is 1. The Morgan fingerprint density at radius 1 is 1.14 bits per heavy atom.